The first-order chi connectivity index (χ1) is 15.4. The number of nitrogens with zero attached hydrogens (tertiary/aromatic N) is 2. The molecule has 0 saturated carbocycles. The Bertz CT molecular complexity index is 886. The zero-order valence-corrected chi connectivity index (χ0v) is 18.9. The molecule has 9 heteroatoms. The molecule has 1 aliphatic rings. The molecule has 1 fully saturated rings. The zero-order valence-electron chi connectivity index (χ0n) is 18.1. The smallest absolute Gasteiger partial charge is 0.211 e. The van der Waals surface area contributed by atoms with Crippen LogP contribution < -0.4 is 4.72 Å². The number of hydrogen-bond acceptors (Lipinski definition) is 5. The van der Waals surface area contributed by atoms with Gasteiger partial charge in [-0.1, -0.05) is 24.3 Å². The number of hydrogen-bond donors (Lipinski definition) is 2. The van der Waals surface area contributed by atoms with Crippen LogP contribution in [-0.4, -0.2) is 75.0 Å². The Morgan fingerprint density at radius 2 is 1.41 bits per heavy atom. The van der Waals surface area contributed by atoms with Crippen molar-refractivity contribution in [3.63, 3.8) is 0 Å². The van der Waals surface area contributed by atoms with Gasteiger partial charge in [0, 0.05) is 32.7 Å². The Hall–Kier alpha value is -1.91. The fourth-order valence-corrected chi connectivity index (χ4v) is 5.18. The summed E-state index contributed by atoms with van der Waals surface area (Å²) in [7, 11) is -3.32. The van der Waals surface area contributed by atoms with E-state index in [2.05, 4.69) is 14.5 Å². The van der Waals surface area contributed by atoms with Gasteiger partial charge in [-0.15, -0.1) is 0 Å². The van der Waals surface area contributed by atoms with Gasteiger partial charge in [0.25, 0.3) is 0 Å². The highest BCUT2D eigenvalue weighted by Gasteiger charge is 2.26. The van der Waals surface area contributed by atoms with Crippen molar-refractivity contribution in [2.24, 2.45) is 0 Å². The monoisotopic (exact) mass is 467 g/mol. The van der Waals surface area contributed by atoms with Gasteiger partial charge in [0.15, 0.2) is 0 Å². The molecule has 0 unspecified atom stereocenters. The van der Waals surface area contributed by atoms with Crippen LogP contribution >= 0.6 is 0 Å². The highest BCUT2D eigenvalue weighted by atomic mass is 32.2. The Labute approximate surface area is 188 Å². The molecule has 1 aliphatic heterocycles. The molecular weight excluding hydrogens is 436 g/mol. The zero-order chi connectivity index (χ0) is 23.0. The van der Waals surface area contributed by atoms with Gasteiger partial charge in [0.1, 0.15) is 11.6 Å². The highest BCUT2D eigenvalue weighted by Crippen LogP contribution is 2.30. The first-order valence-corrected chi connectivity index (χ1v) is 12.6. The number of piperazine rings is 1. The molecule has 2 aromatic rings. The number of halogens is 2. The molecule has 0 bridgehead atoms. The van der Waals surface area contributed by atoms with Crippen LogP contribution in [0.4, 0.5) is 8.78 Å². The summed E-state index contributed by atoms with van der Waals surface area (Å²) in [6.45, 7) is 3.95. The van der Waals surface area contributed by atoms with E-state index >= 15 is 0 Å². The molecule has 0 spiro atoms. The fraction of sp³-hybridized carbons (Fsp3) is 0.478. The van der Waals surface area contributed by atoms with E-state index in [0.29, 0.717) is 6.42 Å². The van der Waals surface area contributed by atoms with Crippen LogP contribution in [0.15, 0.2) is 48.5 Å². The maximum Gasteiger partial charge on any atom is 0.211 e. The second-order valence-electron chi connectivity index (χ2n) is 8.03. The first-order valence-electron chi connectivity index (χ1n) is 10.9. The summed E-state index contributed by atoms with van der Waals surface area (Å²) in [6.07, 6.45) is 1.34. The molecule has 0 radical (unpaired) electrons. The second kappa shape index (κ2) is 11.8. The third-order valence-electron chi connectivity index (χ3n) is 5.71. The number of aliphatic hydroxyl groups excluding tert-OH is 1. The molecule has 2 N–H and O–H groups in total. The van der Waals surface area contributed by atoms with Crippen LogP contribution in [0.2, 0.25) is 0 Å². The molecule has 1 heterocycles. The van der Waals surface area contributed by atoms with Crippen LogP contribution in [0.25, 0.3) is 0 Å². The van der Waals surface area contributed by atoms with Crippen molar-refractivity contribution in [1.29, 1.82) is 0 Å². The van der Waals surface area contributed by atoms with Crippen molar-refractivity contribution >= 4 is 10.0 Å². The molecule has 32 heavy (non-hydrogen) atoms. The van der Waals surface area contributed by atoms with Gasteiger partial charge in [-0.25, -0.2) is 21.9 Å². The summed E-state index contributed by atoms with van der Waals surface area (Å²) in [5.74, 6) is -0.514. The summed E-state index contributed by atoms with van der Waals surface area (Å²) >= 11 is 0. The molecular formula is C23H31F2N3O3S. The van der Waals surface area contributed by atoms with E-state index in [1.165, 1.54) is 24.3 Å². The minimum Gasteiger partial charge on any atom is -0.395 e. The minimum atomic E-state index is -3.32. The van der Waals surface area contributed by atoms with Gasteiger partial charge >= 0.3 is 0 Å². The number of nitrogens with one attached hydrogen (secondary N) is 1. The van der Waals surface area contributed by atoms with Gasteiger partial charge in [-0.3, -0.25) is 4.90 Å². The standard InChI is InChI=1S/C23H31F2N3O3S/c24-21-7-3-19(4-8-21)23(20-5-9-22(25)10-6-20)28-15-13-27(14-16-28)12-1-2-18-32(30,31)26-11-17-29/h3-10,23,26,29H,1-2,11-18H2. The van der Waals surface area contributed by atoms with Crippen molar-refractivity contribution in [3.8, 4) is 0 Å². The number of benzene rings is 2. The lowest BCUT2D eigenvalue weighted by Crippen LogP contribution is -2.48. The number of sulfonamides is 1. The molecule has 3 rings (SSSR count). The molecule has 2 aromatic carbocycles. The van der Waals surface area contributed by atoms with E-state index < -0.39 is 10.0 Å². The van der Waals surface area contributed by atoms with Crippen LogP contribution in [0.1, 0.15) is 30.0 Å². The topological polar surface area (TPSA) is 72.9 Å². The number of unbranched alkanes of at least 4 members (excludes halogenated alkanes) is 1. The third kappa shape index (κ3) is 7.31. The molecule has 6 nitrogen and oxygen atoms in total. The van der Waals surface area contributed by atoms with Gasteiger partial charge in [-0.05, 0) is 54.8 Å². The Kier molecular flexibility index (Phi) is 9.12. The van der Waals surface area contributed by atoms with Crippen molar-refractivity contribution in [2.75, 3.05) is 51.6 Å². The lowest BCUT2D eigenvalue weighted by molar-refractivity contribution is 0.108. The average Bonchev–Trinajstić information content (AvgIpc) is 2.79. The predicted molar refractivity (Wildman–Crippen MR) is 121 cm³/mol. The first kappa shape index (κ1) is 24.7. The Balaban J connectivity index is 1.55. The van der Waals surface area contributed by atoms with E-state index in [9.17, 15) is 17.2 Å². The maximum atomic E-state index is 13.5. The summed E-state index contributed by atoms with van der Waals surface area (Å²) in [4.78, 5) is 4.64. The molecule has 176 valence electrons. The summed E-state index contributed by atoms with van der Waals surface area (Å²) in [6, 6.07) is 12.8. The van der Waals surface area contributed by atoms with E-state index in [1.54, 1.807) is 24.3 Å². The third-order valence-corrected chi connectivity index (χ3v) is 7.18. The largest absolute Gasteiger partial charge is 0.395 e. The van der Waals surface area contributed by atoms with Crippen LogP contribution in [0.5, 0.6) is 0 Å². The maximum absolute atomic E-state index is 13.5. The lowest BCUT2D eigenvalue weighted by Gasteiger charge is -2.40. The molecule has 0 atom stereocenters. The second-order valence-corrected chi connectivity index (χ2v) is 9.95. The van der Waals surface area contributed by atoms with Crippen LogP contribution in [-0.2, 0) is 10.0 Å². The molecule has 1 saturated heterocycles. The van der Waals surface area contributed by atoms with Gasteiger partial charge in [0.2, 0.25) is 10.0 Å². The SMILES string of the molecule is O=S(=O)(CCCCN1CCN(C(c2ccc(F)cc2)c2ccc(F)cc2)CC1)NCCO. The van der Waals surface area contributed by atoms with Crippen molar-refractivity contribution in [3.05, 3.63) is 71.3 Å². The lowest BCUT2D eigenvalue weighted by atomic mass is 9.96. The van der Waals surface area contributed by atoms with E-state index in [0.717, 1.165) is 50.3 Å². The molecule has 0 amide bonds. The summed E-state index contributed by atoms with van der Waals surface area (Å²) < 4.78 is 52.8. The predicted octanol–water partition coefficient (Wildman–Crippen LogP) is 2.36. The quantitative estimate of drug-likeness (QED) is 0.497. The van der Waals surface area contributed by atoms with Gasteiger partial charge in [-0.2, -0.15) is 0 Å². The number of rotatable bonds is 11. The van der Waals surface area contributed by atoms with Gasteiger partial charge in [0.05, 0.1) is 18.4 Å². The minimum absolute atomic E-state index is 0.0492. The summed E-state index contributed by atoms with van der Waals surface area (Å²) in [5.41, 5.74) is 1.93. The van der Waals surface area contributed by atoms with Gasteiger partial charge < -0.3 is 10.0 Å². The average molecular weight is 468 g/mol. The number of aliphatic hydroxyl groups is 1. The van der Waals surface area contributed by atoms with Crippen LogP contribution in [0, 0.1) is 11.6 Å². The Morgan fingerprint density at radius 1 is 0.875 bits per heavy atom. The van der Waals surface area contributed by atoms with Crippen molar-refractivity contribution < 1.29 is 22.3 Å². The van der Waals surface area contributed by atoms with E-state index in [4.69, 9.17) is 5.11 Å². The Morgan fingerprint density at radius 3 is 1.91 bits per heavy atom. The fourth-order valence-electron chi connectivity index (χ4n) is 4.05. The molecule has 0 aromatic heterocycles. The molecule has 0 aliphatic carbocycles. The van der Waals surface area contributed by atoms with E-state index in [-0.39, 0.29) is 36.6 Å². The van der Waals surface area contributed by atoms with Crippen molar-refractivity contribution in [2.45, 2.75) is 18.9 Å². The summed E-state index contributed by atoms with van der Waals surface area (Å²) in [5, 5.41) is 8.73. The normalized spacial score (nSPS) is 16.0. The highest BCUT2D eigenvalue weighted by molar-refractivity contribution is 7.89. The van der Waals surface area contributed by atoms with Crippen LogP contribution in [0.3, 0.4) is 0 Å². The van der Waals surface area contributed by atoms with Crippen molar-refractivity contribution in [1.82, 2.24) is 14.5 Å². The van der Waals surface area contributed by atoms with E-state index in [1.807, 2.05) is 0 Å².